The summed E-state index contributed by atoms with van der Waals surface area (Å²) in [5, 5.41) is 4.60. The number of fused-ring (bicyclic) bond motifs is 1. The lowest BCUT2D eigenvalue weighted by Crippen LogP contribution is -2.12. The van der Waals surface area contributed by atoms with E-state index in [2.05, 4.69) is 16.6 Å². The van der Waals surface area contributed by atoms with Gasteiger partial charge in [-0.15, -0.1) is 11.6 Å². The van der Waals surface area contributed by atoms with Crippen LogP contribution in [0, 0.1) is 0 Å². The topological polar surface area (TPSA) is 35.6 Å². The van der Waals surface area contributed by atoms with Crippen molar-refractivity contribution in [1.82, 2.24) is 19.3 Å². The third-order valence-corrected chi connectivity index (χ3v) is 4.34. The molecule has 0 N–H and O–H groups in total. The van der Waals surface area contributed by atoms with E-state index in [9.17, 15) is 0 Å². The second-order valence-electron chi connectivity index (χ2n) is 5.37. The molecule has 1 saturated carbocycles. The molecule has 0 spiro atoms. The van der Waals surface area contributed by atoms with Crippen molar-refractivity contribution in [3.63, 3.8) is 0 Å². The van der Waals surface area contributed by atoms with Gasteiger partial charge >= 0.3 is 0 Å². The Morgan fingerprint density at radius 3 is 2.68 bits per heavy atom. The summed E-state index contributed by atoms with van der Waals surface area (Å²) in [5.74, 6) is 1.77. The fourth-order valence-corrected chi connectivity index (χ4v) is 3.46. The molecule has 3 rings (SSSR count). The zero-order valence-electron chi connectivity index (χ0n) is 11.7. The van der Waals surface area contributed by atoms with Gasteiger partial charge in [0.05, 0.1) is 5.69 Å². The largest absolute Gasteiger partial charge is 0.310 e. The number of nitrogens with zero attached hydrogens (tertiary/aromatic N) is 4. The van der Waals surface area contributed by atoms with Gasteiger partial charge in [0, 0.05) is 25.4 Å². The summed E-state index contributed by atoms with van der Waals surface area (Å²) in [6.07, 6.45) is 6.93. The first-order chi connectivity index (χ1) is 9.26. The summed E-state index contributed by atoms with van der Waals surface area (Å²) in [5.41, 5.74) is 3.37. The maximum absolute atomic E-state index is 5.95. The van der Waals surface area contributed by atoms with Gasteiger partial charge in [-0.2, -0.15) is 5.10 Å². The predicted molar refractivity (Wildman–Crippen MR) is 77.8 cm³/mol. The van der Waals surface area contributed by atoms with Gasteiger partial charge in [0.1, 0.15) is 11.3 Å². The third kappa shape index (κ3) is 2.06. The Bertz CT molecular complexity index is 578. The van der Waals surface area contributed by atoms with E-state index >= 15 is 0 Å². The van der Waals surface area contributed by atoms with Crippen LogP contribution in [0.5, 0.6) is 0 Å². The van der Waals surface area contributed by atoms with E-state index in [4.69, 9.17) is 16.6 Å². The second kappa shape index (κ2) is 5.16. The molecule has 0 atom stereocenters. The summed E-state index contributed by atoms with van der Waals surface area (Å²) in [7, 11) is 2.03. The molecule has 19 heavy (non-hydrogen) atoms. The second-order valence-corrected chi connectivity index (χ2v) is 5.75. The SMILES string of the molecule is CCc1nn(C)c2c1nc(CCCl)n2C1CCCC1. The minimum absolute atomic E-state index is 0.586. The van der Waals surface area contributed by atoms with Crippen LogP contribution in [0.25, 0.3) is 11.2 Å². The number of aryl methyl sites for hydroxylation is 3. The number of aromatic nitrogens is 4. The molecular formula is C14H21ClN4. The van der Waals surface area contributed by atoms with Crippen LogP contribution < -0.4 is 0 Å². The molecule has 1 aliphatic carbocycles. The molecule has 0 saturated heterocycles. The Kier molecular flexibility index (Phi) is 3.52. The standard InChI is InChI=1S/C14H21ClN4/c1-3-11-13-14(18(2)17-11)19(10-6-4-5-7-10)12(16-13)8-9-15/h10H,3-9H2,1-2H3. The summed E-state index contributed by atoms with van der Waals surface area (Å²) in [6.45, 7) is 2.14. The van der Waals surface area contributed by atoms with E-state index in [0.29, 0.717) is 11.9 Å². The minimum Gasteiger partial charge on any atom is -0.310 e. The molecule has 0 unspecified atom stereocenters. The van der Waals surface area contributed by atoms with Crippen LogP contribution >= 0.6 is 11.6 Å². The Morgan fingerprint density at radius 1 is 1.32 bits per heavy atom. The molecule has 0 radical (unpaired) electrons. The first-order valence-electron chi connectivity index (χ1n) is 7.25. The number of hydrogen-bond donors (Lipinski definition) is 0. The van der Waals surface area contributed by atoms with Crippen molar-refractivity contribution in [2.75, 3.05) is 5.88 Å². The minimum atomic E-state index is 0.586. The highest BCUT2D eigenvalue weighted by Gasteiger charge is 2.25. The number of hydrogen-bond acceptors (Lipinski definition) is 2. The summed E-state index contributed by atoms with van der Waals surface area (Å²) >= 11 is 5.95. The summed E-state index contributed by atoms with van der Waals surface area (Å²) < 4.78 is 4.41. The molecule has 104 valence electrons. The molecule has 1 aliphatic rings. The van der Waals surface area contributed by atoms with E-state index in [0.717, 1.165) is 29.9 Å². The molecule has 0 aliphatic heterocycles. The van der Waals surface area contributed by atoms with Crippen LogP contribution in [0.4, 0.5) is 0 Å². The summed E-state index contributed by atoms with van der Waals surface area (Å²) in [6, 6.07) is 0.586. The van der Waals surface area contributed by atoms with Crippen LogP contribution in [-0.2, 0) is 19.9 Å². The Morgan fingerprint density at radius 2 is 2.05 bits per heavy atom. The molecule has 2 heterocycles. The fourth-order valence-electron chi connectivity index (χ4n) is 3.29. The van der Waals surface area contributed by atoms with Gasteiger partial charge in [-0.3, -0.25) is 4.68 Å². The lowest BCUT2D eigenvalue weighted by Gasteiger charge is -2.16. The van der Waals surface area contributed by atoms with Crippen molar-refractivity contribution in [2.24, 2.45) is 7.05 Å². The van der Waals surface area contributed by atoms with E-state index in [1.165, 1.54) is 31.3 Å². The van der Waals surface area contributed by atoms with Crippen LogP contribution in [0.2, 0.25) is 0 Å². The van der Waals surface area contributed by atoms with Gasteiger partial charge < -0.3 is 4.57 Å². The number of halogens is 1. The molecule has 2 aromatic rings. The highest BCUT2D eigenvalue weighted by atomic mass is 35.5. The zero-order chi connectivity index (χ0) is 13.4. The third-order valence-electron chi connectivity index (χ3n) is 4.15. The van der Waals surface area contributed by atoms with Gasteiger partial charge in [0.25, 0.3) is 0 Å². The van der Waals surface area contributed by atoms with Crippen LogP contribution in [-0.4, -0.2) is 25.2 Å². The monoisotopic (exact) mass is 280 g/mol. The Balaban J connectivity index is 2.19. The highest BCUT2D eigenvalue weighted by Crippen LogP contribution is 2.34. The maximum Gasteiger partial charge on any atom is 0.158 e. The van der Waals surface area contributed by atoms with Crippen molar-refractivity contribution in [3.05, 3.63) is 11.5 Å². The van der Waals surface area contributed by atoms with E-state index in [1.54, 1.807) is 0 Å². The van der Waals surface area contributed by atoms with Gasteiger partial charge in [0.2, 0.25) is 0 Å². The van der Waals surface area contributed by atoms with Crippen molar-refractivity contribution >= 4 is 22.8 Å². The van der Waals surface area contributed by atoms with Crippen molar-refractivity contribution in [1.29, 1.82) is 0 Å². The van der Waals surface area contributed by atoms with E-state index < -0.39 is 0 Å². The average molecular weight is 281 g/mol. The molecule has 0 amide bonds. The average Bonchev–Trinajstić information content (AvgIpc) is 3.07. The van der Waals surface area contributed by atoms with E-state index in [-0.39, 0.29) is 0 Å². The fraction of sp³-hybridized carbons (Fsp3) is 0.714. The predicted octanol–water partition coefficient (Wildman–Crippen LogP) is 3.23. The first-order valence-corrected chi connectivity index (χ1v) is 7.78. The first kappa shape index (κ1) is 13.0. The van der Waals surface area contributed by atoms with Crippen molar-refractivity contribution in [2.45, 2.75) is 51.5 Å². The molecule has 1 fully saturated rings. The molecule has 4 nitrogen and oxygen atoms in total. The van der Waals surface area contributed by atoms with Gasteiger partial charge in [-0.25, -0.2) is 4.98 Å². The lowest BCUT2D eigenvalue weighted by atomic mass is 10.2. The number of rotatable bonds is 4. The van der Waals surface area contributed by atoms with Gasteiger partial charge in [0.15, 0.2) is 5.65 Å². The van der Waals surface area contributed by atoms with E-state index in [1.807, 2.05) is 11.7 Å². The van der Waals surface area contributed by atoms with Crippen LogP contribution in [0.3, 0.4) is 0 Å². The zero-order valence-corrected chi connectivity index (χ0v) is 12.4. The highest BCUT2D eigenvalue weighted by molar-refractivity contribution is 6.17. The van der Waals surface area contributed by atoms with Gasteiger partial charge in [-0.1, -0.05) is 19.8 Å². The maximum atomic E-state index is 5.95. The smallest absolute Gasteiger partial charge is 0.158 e. The molecule has 2 aromatic heterocycles. The van der Waals surface area contributed by atoms with Gasteiger partial charge in [-0.05, 0) is 19.3 Å². The van der Waals surface area contributed by atoms with Crippen LogP contribution in [0.15, 0.2) is 0 Å². The van der Waals surface area contributed by atoms with Crippen molar-refractivity contribution in [3.8, 4) is 0 Å². The lowest BCUT2D eigenvalue weighted by molar-refractivity contribution is 0.501. The summed E-state index contributed by atoms with van der Waals surface area (Å²) in [4.78, 5) is 4.83. The molecule has 0 bridgehead atoms. The van der Waals surface area contributed by atoms with Crippen LogP contribution in [0.1, 0.15) is 50.2 Å². The quantitative estimate of drug-likeness (QED) is 0.806. The Labute approximate surface area is 118 Å². The number of alkyl halides is 1. The normalized spacial score (nSPS) is 16.8. The molecule has 0 aromatic carbocycles. The van der Waals surface area contributed by atoms with Crippen molar-refractivity contribution < 1.29 is 0 Å². The molecular weight excluding hydrogens is 260 g/mol. The molecule has 5 heteroatoms. The Hall–Kier alpha value is -1.03. The number of imidazole rings is 1.